The molecule has 5 heteroatoms. The zero-order chi connectivity index (χ0) is 13.4. The summed E-state index contributed by atoms with van der Waals surface area (Å²) in [5.74, 6) is 1.66. The van der Waals surface area contributed by atoms with Gasteiger partial charge in [0.25, 0.3) is 0 Å². The van der Waals surface area contributed by atoms with Crippen LogP contribution in [0.25, 0.3) is 0 Å². The van der Waals surface area contributed by atoms with Gasteiger partial charge < -0.3 is 10.6 Å². The van der Waals surface area contributed by atoms with E-state index in [9.17, 15) is 0 Å². The lowest BCUT2D eigenvalue weighted by molar-refractivity contribution is 0.243. The van der Waals surface area contributed by atoms with Crippen LogP contribution in [0.2, 0.25) is 5.28 Å². The van der Waals surface area contributed by atoms with Gasteiger partial charge in [-0.05, 0) is 50.1 Å². The number of hydrogen-bond acceptors (Lipinski definition) is 4. The molecule has 0 bridgehead atoms. The molecule has 2 N–H and O–H groups in total. The number of anilines is 2. The highest BCUT2D eigenvalue weighted by Gasteiger charge is 2.35. The fourth-order valence-corrected chi connectivity index (χ4v) is 3.85. The number of nitrogens with zero attached hydrogens (tertiary/aromatic N) is 3. The van der Waals surface area contributed by atoms with E-state index in [1.165, 1.54) is 38.5 Å². The summed E-state index contributed by atoms with van der Waals surface area (Å²) in [6, 6.07) is 0.593. The Labute approximate surface area is 119 Å². The number of aryl methyl sites for hydroxylation is 1. The van der Waals surface area contributed by atoms with E-state index in [2.05, 4.69) is 14.9 Å². The number of aromatic nitrogens is 2. The van der Waals surface area contributed by atoms with Gasteiger partial charge in [-0.25, -0.2) is 4.98 Å². The molecule has 2 fully saturated rings. The molecule has 0 aromatic carbocycles. The van der Waals surface area contributed by atoms with Crippen molar-refractivity contribution in [1.29, 1.82) is 0 Å². The molecular formula is C14H21ClN4. The van der Waals surface area contributed by atoms with Gasteiger partial charge in [0.15, 0.2) is 5.82 Å². The van der Waals surface area contributed by atoms with Crippen LogP contribution in [0.5, 0.6) is 0 Å². The maximum atomic E-state index is 6.18. The normalized spacial score (nSPS) is 27.2. The average Bonchev–Trinajstić information content (AvgIpc) is 2.42. The fraction of sp³-hybridized carbons (Fsp3) is 0.714. The Kier molecular flexibility index (Phi) is 3.52. The van der Waals surface area contributed by atoms with Crippen LogP contribution >= 0.6 is 11.6 Å². The Morgan fingerprint density at radius 1 is 1.16 bits per heavy atom. The van der Waals surface area contributed by atoms with Gasteiger partial charge >= 0.3 is 0 Å². The monoisotopic (exact) mass is 280 g/mol. The molecule has 1 saturated carbocycles. The molecule has 2 unspecified atom stereocenters. The highest BCUT2D eigenvalue weighted by atomic mass is 35.5. The topological polar surface area (TPSA) is 55.0 Å². The molecule has 4 nitrogen and oxygen atoms in total. The molecule has 2 heterocycles. The molecular weight excluding hydrogens is 260 g/mol. The molecule has 1 aromatic heterocycles. The maximum Gasteiger partial charge on any atom is 0.224 e. The second kappa shape index (κ2) is 5.16. The summed E-state index contributed by atoms with van der Waals surface area (Å²) in [6.45, 7) is 2.94. The first kappa shape index (κ1) is 13.0. The van der Waals surface area contributed by atoms with Gasteiger partial charge in [-0.2, -0.15) is 4.98 Å². The molecule has 0 radical (unpaired) electrons. The van der Waals surface area contributed by atoms with Crippen molar-refractivity contribution in [3.8, 4) is 0 Å². The molecule has 2 aliphatic rings. The van der Waals surface area contributed by atoms with Crippen LogP contribution in [-0.2, 0) is 0 Å². The zero-order valence-electron chi connectivity index (χ0n) is 11.4. The molecule has 0 spiro atoms. The molecule has 1 aliphatic heterocycles. The lowest BCUT2D eigenvalue weighted by Crippen LogP contribution is -2.47. The minimum absolute atomic E-state index is 0.305. The predicted octanol–water partition coefficient (Wildman–Crippen LogP) is 3.18. The van der Waals surface area contributed by atoms with Crippen LogP contribution in [-0.4, -0.2) is 22.6 Å². The minimum Gasteiger partial charge on any atom is -0.394 e. The van der Waals surface area contributed by atoms with Gasteiger partial charge in [-0.1, -0.05) is 12.8 Å². The van der Waals surface area contributed by atoms with Crippen LogP contribution < -0.4 is 10.6 Å². The first-order valence-electron chi connectivity index (χ1n) is 7.23. The second-order valence-corrected chi connectivity index (χ2v) is 6.10. The first-order valence-corrected chi connectivity index (χ1v) is 7.61. The van der Waals surface area contributed by atoms with E-state index in [1.807, 2.05) is 6.92 Å². The van der Waals surface area contributed by atoms with E-state index in [-0.39, 0.29) is 0 Å². The van der Waals surface area contributed by atoms with Crippen molar-refractivity contribution in [3.05, 3.63) is 11.0 Å². The molecule has 1 saturated heterocycles. The molecule has 0 amide bonds. The van der Waals surface area contributed by atoms with Crippen LogP contribution in [0.1, 0.15) is 44.2 Å². The van der Waals surface area contributed by atoms with Crippen molar-refractivity contribution in [1.82, 2.24) is 9.97 Å². The first-order chi connectivity index (χ1) is 9.16. The maximum absolute atomic E-state index is 6.18. The van der Waals surface area contributed by atoms with Gasteiger partial charge in [0.1, 0.15) is 0 Å². The summed E-state index contributed by atoms with van der Waals surface area (Å²) in [6.07, 6.45) is 7.85. The molecule has 3 rings (SSSR count). The van der Waals surface area contributed by atoms with Gasteiger partial charge in [-0.3, -0.25) is 0 Å². The number of piperidine rings is 1. The summed E-state index contributed by atoms with van der Waals surface area (Å²) >= 11 is 6.01. The molecule has 19 heavy (non-hydrogen) atoms. The number of nitrogens with two attached hydrogens (primary N) is 1. The average molecular weight is 281 g/mol. The van der Waals surface area contributed by atoms with E-state index in [0.717, 1.165) is 24.0 Å². The summed E-state index contributed by atoms with van der Waals surface area (Å²) in [5, 5.41) is 0.305. The number of rotatable bonds is 1. The number of halogens is 1. The minimum atomic E-state index is 0.305. The summed E-state index contributed by atoms with van der Waals surface area (Å²) in [4.78, 5) is 10.9. The van der Waals surface area contributed by atoms with E-state index < -0.39 is 0 Å². The summed E-state index contributed by atoms with van der Waals surface area (Å²) in [7, 11) is 0. The van der Waals surface area contributed by atoms with Gasteiger partial charge in [0.2, 0.25) is 5.28 Å². The van der Waals surface area contributed by atoms with Crippen molar-refractivity contribution in [2.75, 3.05) is 17.2 Å². The van der Waals surface area contributed by atoms with Crippen LogP contribution in [0.15, 0.2) is 0 Å². The Bertz CT molecular complexity index is 475. The Hall–Kier alpha value is -1.03. The Morgan fingerprint density at radius 3 is 2.74 bits per heavy atom. The van der Waals surface area contributed by atoms with E-state index in [1.54, 1.807) is 0 Å². The van der Waals surface area contributed by atoms with Gasteiger partial charge in [0, 0.05) is 12.6 Å². The zero-order valence-corrected chi connectivity index (χ0v) is 12.2. The largest absolute Gasteiger partial charge is 0.394 e. The number of nitrogen functional groups attached to an aromatic ring is 1. The molecule has 104 valence electrons. The smallest absolute Gasteiger partial charge is 0.224 e. The standard InChI is InChI=1S/C14H21ClN4/c1-9-12(16)13(18-14(15)17-9)19-8-4-6-10-5-2-3-7-11(10)19/h10-11H,2-8,16H2,1H3. The summed E-state index contributed by atoms with van der Waals surface area (Å²) < 4.78 is 0. The fourth-order valence-electron chi connectivity index (χ4n) is 3.64. The van der Waals surface area contributed by atoms with Crippen molar-refractivity contribution in [2.24, 2.45) is 5.92 Å². The van der Waals surface area contributed by atoms with Crippen LogP contribution in [0.3, 0.4) is 0 Å². The molecule has 2 atom stereocenters. The predicted molar refractivity (Wildman–Crippen MR) is 78.5 cm³/mol. The van der Waals surface area contributed by atoms with Gasteiger partial charge in [-0.15, -0.1) is 0 Å². The highest BCUT2D eigenvalue weighted by Crippen LogP contribution is 2.39. The van der Waals surface area contributed by atoms with Crippen molar-refractivity contribution in [3.63, 3.8) is 0 Å². The Morgan fingerprint density at radius 2 is 1.89 bits per heavy atom. The van der Waals surface area contributed by atoms with E-state index in [0.29, 0.717) is 17.0 Å². The number of hydrogen-bond donors (Lipinski definition) is 1. The third-order valence-corrected chi connectivity index (χ3v) is 4.77. The van der Waals surface area contributed by atoms with Crippen LogP contribution in [0.4, 0.5) is 11.5 Å². The lowest BCUT2D eigenvalue weighted by atomic mass is 9.78. The number of fused-ring (bicyclic) bond motifs is 1. The summed E-state index contributed by atoms with van der Waals surface area (Å²) in [5.41, 5.74) is 7.65. The third-order valence-electron chi connectivity index (χ3n) is 4.60. The second-order valence-electron chi connectivity index (χ2n) is 5.76. The molecule has 1 aromatic rings. The van der Waals surface area contributed by atoms with Crippen molar-refractivity contribution >= 4 is 23.1 Å². The van der Waals surface area contributed by atoms with E-state index >= 15 is 0 Å². The lowest BCUT2D eigenvalue weighted by Gasteiger charge is -2.45. The highest BCUT2D eigenvalue weighted by molar-refractivity contribution is 6.28. The van der Waals surface area contributed by atoms with Crippen LogP contribution in [0, 0.1) is 12.8 Å². The quantitative estimate of drug-likeness (QED) is 0.803. The van der Waals surface area contributed by atoms with E-state index in [4.69, 9.17) is 17.3 Å². The SMILES string of the molecule is Cc1nc(Cl)nc(N2CCCC3CCCCC32)c1N. The van der Waals surface area contributed by atoms with Crippen molar-refractivity contribution < 1.29 is 0 Å². The van der Waals surface area contributed by atoms with Crippen molar-refractivity contribution in [2.45, 2.75) is 51.5 Å². The third kappa shape index (κ3) is 2.38. The van der Waals surface area contributed by atoms with Gasteiger partial charge in [0.05, 0.1) is 11.4 Å². The Balaban J connectivity index is 1.96. The molecule has 1 aliphatic carbocycles.